The minimum absolute atomic E-state index is 0.884. The first kappa shape index (κ1) is 23.2. The Kier molecular flexibility index (Phi) is 8.82. The molecule has 1 aliphatic heterocycles. The molecule has 3 rings (SSSR count). The summed E-state index contributed by atoms with van der Waals surface area (Å²) in [5, 5.41) is 0. The van der Waals surface area contributed by atoms with E-state index in [4.69, 9.17) is 0 Å². The number of allylic oxidation sites excluding steroid dienone is 2. The predicted octanol–water partition coefficient (Wildman–Crippen LogP) is 8.75. The normalized spacial score (nSPS) is 13.8. The Labute approximate surface area is 189 Å². The molecule has 0 unspecified atom stereocenters. The van der Waals surface area contributed by atoms with Gasteiger partial charge in [0.05, 0.1) is 0 Å². The van der Waals surface area contributed by atoms with Crippen molar-refractivity contribution in [1.29, 1.82) is 0 Å². The Morgan fingerprint density at radius 3 is 1.71 bits per heavy atom. The third kappa shape index (κ3) is 6.03. The van der Waals surface area contributed by atoms with Gasteiger partial charge in [-0.1, -0.05) is 70.7 Å². The van der Waals surface area contributed by atoms with Crippen molar-refractivity contribution in [1.82, 2.24) is 0 Å². The standard InChI is InChI=1S/C29H38N2/c1-4-7-10-12-24-16-20-26(21-17-24)29-27(13-9-6-3)22-28(31(29)30)25-18-14-23(15-19-25)11-8-5-2/h14-22H,4-13H2,1-3H3. The van der Waals surface area contributed by atoms with Crippen molar-refractivity contribution >= 4 is 11.4 Å². The van der Waals surface area contributed by atoms with Crippen LogP contribution in [0.2, 0.25) is 0 Å². The van der Waals surface area contributed by atoms with E-state index in [0.29, 0.717) is 0 Å². The first-order valence-corrected chi connectivity index (χ1v) is 12.3. The average molecular weight is 415 g/mol. The second-order valence-electron chi connectivity index (χ2n) is 8.77. The van der Waals surface area contributed by atoms with Crippen LogP contribution in [0.1, 0.15) is 94.4 Å². The molecule has 0 atom stereocenters. The fourth-order valence-corrected chi connectivity index (χ4v) is 4.25. The quantitative estimate of drug-likeness (QED) is 0.245. The van der Waals surface area contributed by atoms with Gasteiger partial charge in [-0.2, -0.15) is 0 Å². The summed E-state index contributed by atoms with van der Waals surface area (Å²) in [6.07, 6.45) is 13.9. The van der Waals surface area contributed by atoms with Gasteiger partial charge in [0, 0.05) is 22.8 Å². The van der Waals surface area contributed by atoms with Crippen LogP contribution in [0.3, 0.4) is 0 Å². The van der Waals surface area contributed by atoms with E-state index in [1.54, 1.807) is 0 Å². The molecular weight excluding hydrogens is 376 g/mol. The molecule has 0 N–H and O–H groups in total. The second-order valence-corrected chi connectivity index (χ2v) is 8.77. The highest BCUT2D eigenvalue weighted by atomic mass is 15.2. The van der Waals surface area contributed by atoms with Gasteiger partial charge >= 0.3 is 0 Å². The fraction of sp³-hybridized carbons (Fsp3) is 0.448. The summed E-state index contributed by atoms with van der Waals surface area (Å²) in [7, 11) is 0. The summed E-state index contributed by atoms with van der Waals surface area (Å²) in [4.78, 5) is 0. The lowest BCUT2D eigenvalue weighted by Gasteiger charge is -2.11. The van der Waals surface area contributed by atoms with E-state index < -0.39 is 0 Å². The highest BCUT2D eigenvalue weighted by Crippen LogP contribution is 2.37. The average Bonchev–Trinajstić information content (AvgIpc) is 3.13. The monoisotopic (exact) mass is 414 g/mol. The van der Waals surface area contributed by atoms with Crippen molar-refractivity contribution in [3.63, 3.8) is 0 Å². The van der Waals surface area contributed by atoms with Gasteiger partial charge in [-0.25, -0.2) is 4.70 Å². The molecule has 2 nitrogen and oxygen atoms in total. The Morgan fingerprint density at radius 1 is 0.613 bits per heavy atom. The van der Waals surface area contributed by atoms with Crippen LogP contribution in [0.4, 0.5) is 0 Å². The second kappa shape index (κ2) is 11.8. The molecule has 0 aliphatic carbocycles. The van der Waals surface area contributed by atoms with Crippen molar-refractivity contribution in [2.45, 2.75) is 85.0 Å². The molecule has 1 heterocycles. The van der Waals surface area contributed by atoms with Crippen molar-refractivity contribution < 1.29 is 4.70 Å². The molecule has 31 heavy (non-hydrogen) atoms. The molecule has 1 aliphatic rings. The van der Waals surface area contributed by atoms with Gasteiger partial charge in [-0.05, 0) is 73.9 Å². The molecule has 0 fully saturated rings. The van der Waals surface area contributed by atoms with Gasteiger partial charge in [0.15, 0.2) is 0 Å². The van der Waals surface area contributed by atoms with Crippen LogP contribution >= 0.6 is 0 Å². The smallest absolute Gasteiger partial charge is 0.210 e. The number of rotatable bonds is 12. The van der Waals surface area contributed by atoms with Crippen LogP contribution in [0.15, 0.2) is 60.2 Å². The summed E-state index contributed by atoms with van der Waals surface area (Å²) in [5.74, 6) is 0. The van der Waals surface area contributed by atoms with Crippen molar-refractivity contribution in [3.05, 3.63) is 88.0 Å². The Bertz CT molecular complexity index is 914. The summed E-state index contributed by atoms with van der Waals surface area (Å²) < 4.78 is 1.41. The number of hydrogen-bond acceptors (Lipinski definition) is 0. The van der Waals surface area contributed by atoms with Crippen molar-refractivity contribution in [2.24, 2.45) is 0 Å². The number of unbranched alkanes of at least 4 members (excludes halogenated alkanes) is 4. The molecule has 0 bridgehead atoms. The largest absolute Gasteiger partial charge is 0.493 e. The third-order valence-electron chi connectivity index (χ3n) is 6.22. The van der Waals surface area contributed by atoms with E-state index in [0.717, 1.165) is 54.6 Å². The lowest BCUT2D eigenvalue weighted by atomic mass is 10.0. The van der Waals surface area contributed by atoms with E-state index in [-0.39, 0.29) is 0 Å². The van der Waals surface area contributed by atoms with Crippen molar-refractivity contribution in [3.8, 4) is 0 Å². The molecule has 0 aromatic heterocycles. The van der Waals surface area contributed by atoms with E-state index in [9.17, 15) is 5.53 Å². The van der Waals surface area contributed by atoms with Crippen molar-refractivity contribution in [2.75, 3.05) is 0 Å². The zero-order valence-electron chi connectivity index (χ0n) is 19.7. The summed E-state index contributed by atoms with van der Waals surface area (Å²) >= 11 is 0. The van der Waals surface area contributed by atoms with Gasteiger partial charge in [-0.3, -0.25) is 0 Å². The lowest BCUT2D eigenvalue weighted by Crippen LogP contribution is -2.02. The van der Waals surface area contributed by atoms with Crippen LogP contribution < -0.4 is 0 Å². The van der Waals surface area contributed by atoms with Gasteiger partial charge in [0.1, 0.15) is 0 Å². The molecule has 0 spiro atoms. The molecule has 164 valence electrons. The van der Waals surface area contributed by atoms with Crippen LogP contribution in [-0.2, 0) is 12.8 Å². The van der Waals surface area contributed by atoms with Crippen LogP contribution in [0.25, 0.3) is 16.9 Å². The van der Waals surface area contributed by atoms with Crippen LogP contribution in [0.5, 0.6) is 0 Å². The van der Waals surface area contributed by atoms with Gasteiger partial charge in [0.25, 0.3) is 0 Å². The van der Waals surface area contributed by atoms with Gasteiger partial charge in [0.2, 0.25) is 11.4 Å². The number of nitrogens with zero attached hydrogens (tertiary/aromatic N) is 2. The maximum absolute atomic E-state index is 11.2. The van der Waals surface area contributed by atoms with E-state index in [2.05, 4.69) is 75.4 Å². The molecule has 0 radical (unpaired) electrons. The first-order chi connectivity index (χ1) is 15.2. The minimum Gasteiger partial charge on any atom is -0.493 e. The molecule has 0 saturated carbocycles. The molecule has 0 saturated heterocycles. The number of benzene rings is 2. The zero-order valence-corrected chi connectivity index (χ0v) is 19.7. The fourth-order valence-electron chi connectivity index (χ4n) is 4.25. The maximum atomic E-state index is 11.2. The lowest BCUT2D eigenvalue weighted by molar-refractivity contribution is -0.344. The predicted molar refractivity (Wildman–Crippen MR) is 133 cm³/mol. The molecular formula is C29H38N2. The van der Waals surface area contributed by atoms with Crippen LogP contribution in [0, 0.1) is 0 Å². The Balaban J connectivity index is 1.82. The molecule has 2 aromatic carbocycles. The topological polar surface area (TPSA) is 25.3 Å². The highest BCUT2D eigenvalue weighted by molar-refractivity contribution is 5.78. The van der Waals surface area contributed by atoms with E-state index >= 15 is 0 Å². The number of aryl methyl sites for hydroxylation is 2. The number of hydrogen-bond donors (Lipinski definition) is 0. The Hall–Kier alpha value is -2.48. The Morgan fingerprint density at radius 2 is 1.13 bits per heavy atom. The van der Waals surface area contributed by atoms with E-state index in [1.807, 2.05) is 0 Å². The summed E-state index contributed by atoms with van der Waals surface area (Å²) in [5.41, 5.74) is 19.2. The minimum atomic E-state index is 0.884. The molecule has 2 aromatic rings. The third-order valence-corrected chi connectivity index (χ3v) is 6.22. The SMILES string of the molecule is CCCCCc1ccc(C2=C(CCCC)C=C(c3ccc(CCCC)cc3)[N+]2=[N-])cc1. The van der Waals surface area contributed by atoms with Gasteiger partial charge in [-0.15, -0.1) is 0 Å². The zero-order chi connectivity index (χ0) is 22.1. The first-order valence-electron chi connectivity index (χ1n) is 12.3. The summed E-state index contributed by atoms with van der Waals surface area (Å²) in [6, 6.07) is 17.5. The molecule has 2 heteroatoms. The van der Waals surface area contributed by atoms with Crippen LogP contribution in [-0.4, -0.2) is 4.70 Å². The highest BCUT2D eigenvalue weighted by Gasteiger charge is 2.28. The van der Waals surface area contributed by atoms with Gasteiger partial charge < -0.3 is 5.53 Å². The van der Waals surface area contributed by atoms with E-state index in [1.165, 1.54) is 53.5 Å². The maximum Gasteiger partial charge on any atom is 0.210 e. The molecule has 0 amide bonds. The summed E-state index contributed by atoms with van der Waals surface area (Å²) in [6.45, 7) is 6.69.